The molecule has 25 heavy (non-hydrogen) atoms. The fraction of sp³-hybridized carbons (Fsp3) is 0.647. The summed E-state index contributed by atoms with van der Waals surface area (Å²) in [5.41, 5.74) is 1.27. The Morgan fingerprint density at radius 3 is 2.84 bits per heavy atom. The number of rotatable bonds is 6. The summed E-state index contributed by atoms with van der Waals surface area (Å²) in [4.78, 5) is 4.67. The van der Waals surface area contributed by atoms with Gasteiger partial charge in [-0.05, 0) is 32.1 Å². The summed E-state index contributed by atoms with van der Waals surface area (Å²) in [5.74, 6) is 1.72. The fourth-order valence-electron chi connectivity index (χ4n) is 3.48. The van der Waals surface area contributed by atoms with Gasteiger partial charge in [-0.15, -0.1) is 0 Å². The average molecular weight is 366 g/mol. The Morgan fingerprint density at radius 2 is 2.12 bits per heavy atom. The van der Waals surface area contributed by atoms with E-state index in [2.05, 4.69) is 33.2 Å². The topological polar surface area (TPSA) is 81.8 Å². The van der Waals surface area contributed by atoms with Gasteiger partial charge in [-0.25, -0.2) is 18.1 Å². The van der Waals surface area contributed by atoms with Crippen molar-refractivity contribution in [1.29, 1.82) is 0 Å². The number of fused-ring (bicyclic) bond motifs is 1. The van der Waals surface area contributed by atoms with E-state index in [-0.39, 0.29) is 5.92 Å². The third-order valence-electron chi connectivity index (χ3n) is 4.74. The summed E-state index contributed by atoms with van der Waals surface area (Å²) < 4.78 is 32.4. The van der Waals surface area contributed by atoms with Crippen molar-refractivity contribution in [3.63, 3.8) is 0 Å². The van der Waals surface area contributed by atoms with E-state index in [1.54, 1.807) is 17.8 Å². The van der Waals surface area contributed by atoms with Crippen molar-refractivity contribution < 1.29 is 8.42 Å². The molecule has 1 aliphatic rings. The second-order valence-electron chi connectivity index (χ2n) is 7.32. The number of imidazole rings is 1. The van der Waals surface area contributed by atoms with Crippen LogP contribution in [0.1, 0.15) is 37.5 Å². The van der Waals surface area contributed by atoms with Gasteiger partial charge in [0.2, 0.25) is 10.0 Å². The maximum Gasteiger partial charge on any atom is 0.244 e. The van der Waals surface area contributed by atoms with E-state index >= 15 is 0 Å². The van der Waals surface area contributed by atoms with Gasteiger partial charge >= 0.3 is 0 Å². The van der Waals surface area contributed by atoms with Gasteiger partial charge in [-0.3, -0.25) is 4.68 Å². The molecular formula is C17H27N5O2S. The average Bonchev–Trinajstić information content (AvgIpc) is 3.09. The molecule has 3 heterocycles. The minimum atomic E-state index is -3.56. The maximum atomic E-state index is 12.8. The van der Waals surface area contributed by atoms with E-state index in [1.165, 1.54) is 0 Å². The quantitative estimate of drug-likeness (QED) is 0.847. The summed E-state index contributed by atoms with van der Waals surface area (Å²) in [6, 6.07) is 0. The minimum Gasteiger partial charge on any atom is -0.335 e. The van der Waals surface area contributed by atoms with E-state index in [0.717, 1.165) is 25.2 Å². The maximum absolute atomic E-state index is 12.8. The summed E-state index contributed by atoms with van der Waals surface area (Å²) in [5, 5.41) is 4.42. The first-order valence-corrected chi connectivity index (χ1v) is 10.3. The van der Waals surface area contributed by atoms with Gasteiger partial charge in [-0.2, -0.15) is 5.10 Å². The molecule has 0 saturated heterocycles. The van der Waals surface area contributed by atoms with Crippen LogP contribution >= 0.6 is 0 Å². The molecule has 2 aromatic heterocycles. The van der Waals surface area contributed by atoms with Crippen LogP contribution in [0.4, 0.5) is 0 Å². The predicted molar refractivity (Wildman–Crippen MR) is 95.8 cm³/mol. The molecule has 0 saturated carbocycles. The van der Waals surface area contributed by atoms with Crippen LogP contribution in [-0.2, 0) is 29.5 Å². The lowest BCUT2D eigenvalue weighted by molar-refractivity contribution is 0.379. The highest BCUT2D eigenvalue weighted by Gasteiger charge is 2.27. The molecule has 2 aromatic rings. The SMILES string of the molecule is Cc1nn(CC(C)C)c(C)c1S(=O)(=O)NCC1CCn2ccnc2C1. The lowest BCUT2D eigenvalue weighted by Gasteiger charge is -2.23. The lowest BCUT2D eigenvalue weighted by Crippen LogP contribution is -2.33. The predicted octanol–water partition coefficient (Wildman–Crippen LogP) is 1.89. The Kier molecular flexibility index (Phi) is 5.02. The van der Waals surface area contributed by atoms with Crippen LogP contribution in [0, 0.1) is 25.7 Å². The number of hydrogen-bond acceptors (Lipinski definition) is 4. The van der Waals surface area contributed by atoms with E-state index < -0.39 is 10.0 Å². The smallest absolute Gasteiger partial charge is 0.244 e. The summed E-state index contributed by atoms with van der Waals surface area (Å²) in [6.07, 6.45) is 5.54. The van der Waals surface area contributed by atoms with Crippen molar-refractivity contribution in [1.82, 2.24) is 24.1 Å². The number of nitrogens with one attached hydrogen (secondary N) is 1. The van der Waals surface area contributed by atoms with Crippen molar-refractivity contribution >= 4 is 10.0 Å². The van der Waals surface area contributed by atoms with Gasteiger partial charge < -0.3 is 4.57 Å². The molecule has 3 rings (SSSR count). The number of nitrogens with zero attached hydrogens (tertiary/aromatic N) is 4. The zero-order chi connectivity index (χ0) is 18.2. The van der Waals surface area contributed by atoms with Crippen LogP contribution in [0.2, 0.25) is 0 Å². The zero-order valence-electron chi connectivity index (χ0n) is 15.4. The largest absolute Gasteiger partial charge is 0.335 e. The molecule has 0 spiro atoms. The standard InChI is InChI=1S/C17H27N5O2S/c1-12(2)11-22-14(4)17(13(3)20-22)25(23,24)19-10-15-5-7-21-8-6-18-16(21)9-15/h6,8,12,15,19H,5,7,9-11H2,1-4H3. The van der Waals surface area contributed by atoms with Crippen molar-refractivity contribution in [3.05, 3.63) is 29.6 Å². The van der Waals surface area contributed by atoms with Gasteiger partial charge in [0.25, 0.3) is 0 Å². The van der Waals surface area contributed by atoms with E-state index in [1.807, 2.05) is 13.1 Å². The molecule has 1 atom stereocenters. The first-order chi connectivity index (χ1) is 11.8. The third kappa shape index (κ3) is 3.79. The molecule has 8 heteroatoms. The molecular weight excluding hydrogens is 338 g/mol. The van der Waals surface area contributed by atoms with Crippen LogP contribution in [0.15, 0.2) is 17.3 Å². The molecule has 0 amide bonds. The molecule has 138 valence electrons. The fourth-order valence-corrected chi connectivity index (χ4v) is 5.01. The monoisotopic (exact) mass is 365 g/mol. The lowest BCUT2D eigenvalue weighted by atomic mass is 9.98. The molecule has 0 aromatic carbocycles. The molecule has 7 nitrogen and oxygen atoms in total. The highest BCUT2D eigenvalue weighted by molar-refractivity contribution is 7.89. The van der Waals surface area contributed by atoms with Gasteiger partial charge in [0.1, 0.15) is 10.7 Å². The van der Waals surface area contributed by atoms with E-state index in [9.17, 15) is 8.42 Å². The van der Waals surface area contributed by atoms with Gasteiger partial charge in [0.05, 0.1) is 11.4 Å². The van der Waals surface area contributed by atoms with Crippen LogP contribution in [0.3, 0.4) is 0 Å². The van der Waals surface area contributed by atoms with Crippen LogP contribution in [-0.4, -0.2) is 34.3 Å². The van der Waals surface area contributed by atoms with Crippen LogP contribution in [0.5, 0.6) is 0 Å². The Bertz CT molecular complexity index is 851. The molecule has 1 aliphatic heterocycles. The number of aromatic nitrogens is 4. The molecule has 1 N–H and O–H groups in total. The van der Waals surface area contributed by atoms with Crippen LogP contribution in [0.25, 0.3) is 0 Å². The van der Waals surface area contributed by atoms with Crippen molar-refractivity contribution in [3.8, 4) is 0 Å². The van der Waals surface area contributed by atoms with E-state index in [4.69, 9.17) is 0 Å². The Hall–Kier alpha value is -1.67. The summed E-state index contributed by atoms with van der Waals surface area (Å²) >= 11 is 0. The molecule has 0 bridgehead atoms. The minimum absolute atomic E-state index is 0.274. The number of aryl methyl sites for hydroxylation is 2. The molecule has 1 unspecified atom stereocenters. The highest BCUT2D eigenvalue weighted by atomic mass is 32.2. The number of sulfonamides is 1. The molecule has 0 radical (unpaired) electrons. The first-order valence-electron chi connectivity index (χ1n) is 8.81. The first kappa shape index (κ1) is 18.1. The van der Waals surface area contributed by atoms with E-state index in [0.29, 0.717) is 35.3 Å². The highest BCUT2D eigenvalue weighted by Crippen LogP contribution is 2.22. The van der Waals surface area contributed by atoms with Gasteiger partial charge in [0.15, 0.2) is 0 Å². The summed E-state index contributed by atoms with van der Waals surface area (Å²) in [7, 11) is -3.56. The van der Waals surface area contributed by atoms with Gasteiger partial charge in [-0.1, -0.05) is 13.8 Å². The second-order valence-corrected chi connectivity index (χ2v) is 9.03. The van der Waals surface area contributed by atoms with Crippen molar-refractivity contribution in [2.24, 2.45) is 11.8 Å². The van der Waals surface area contributed by atoms with Gasteiger partial charge in [0, 0.05) is 38.4 Å². The van der Waals surface area contributed by atoms with Crippen LogP contribution < -0.4 is 4.72 Å². The number of hydrogen-bond donors (Lipinski definition) is 1. The normalized spacial score (nSPS) is 17.9. The zero-order valence-corrected chi connectivity index (χ0v) is 16.2. The molecule has 0 aliphatic carbocycles. The Balaban J connectivity index is 1.71. The summed E-state index contributed by atoms with van der Waals surface area (Å²) in [6.45, 7) is 9.82. The van der Waals surface area contributed by atoms with Crippen molar-refractivity contribution in [2.75, 3.05) is 6.54 Å². The Labute approximate surface area is 149 Å². The second kappa shape index (κ2) is 6.92. The molecule has 0 fully saturated rings. The third-order valence-corrected chi connectivity index (χ3v) is 6.41. The Morgan fingerprint density at radius 1 is 1.36 bits per heavy atom. The van der Waals surface area contributed by atoms with Crippen molar-refractivity contribution in [2.45, 2.75) is 58.5 Å².